The number of hydrogen-bond donors (Lipinski definition) is 0. The molecule has 1 nitrogen and oxygen atoms in total. The minimum absolute atomic E-state index is 0.310. The van der Waals surface area contributed by atoms with Gasteiger partial charge < -0.3 is 0 Å². The topological polar surface area (TPSA) is 3.24 Å². The van der Waals surface area contributed by atoms with Crippen LogP contribution in [0.1, 0.15) is 45.4 Å². The molecular weight excluding hydrogens is 170 g/mol. The van der Waals surface area contributed by atoms with Crippen LogP contribution in [0.5, 0.6) is 0 Å². The van der Waals surface area contributed by atoms with Gasteiger partial charge >= 0.3 is 0 Å². The van der Waals surface area contributed by atoms with Gasteiger partial charge in [-0.25, -0.2) is 0 Å². The first-order valence-electron chi connectivity index (χ1n) is 5.22. The summed E-state index contributed by atoms with van der Waals surface area (Å²) in [5.41, 5.74) is 0.310. The molecule has 1 heterocycles. The summed E-state index contributed by atoms with van der Waals surface area (Å²) in [4.78, 5) is 2.43. The fourth-order valence-corrected chi connectivity index (χ4v) is 2.10. The van der Waals surface area contributed by atoms with E-state index < -0.39 is 0 Å². The van der Waals surface area contributed by atoms with Crippen LogP contribution >= 0.6 is 11.6 Å². The van der Waals surface area contributed by atoms with Crippen molar-refractivity contribution in [3.63, 3.8) is 0 Å². The standard InChI is InChI=1S/C10H20ClN/c1-2-3-7-10(11)12-8-5-4-6-9-12/h10H,2-9H2,1H3. The van der Waals surface area contributed by atoms with Crippen molar-refractivity contribution < 1.29 is 0 Å². The first-order chi connectivity index (χ1) is 5.84. The third kappa shape index (κ3) is 3.32. The third-order valence-corrected chi connectivity index (χ3v) is 3.08. The summed E-state index contributed by atoms with van der Waals surface area (Å²) >= 11 is 6.26. The maximum Gasteiger partial charge on any atom is 0.0850 e. The van der Waals surface area contributed by atoms with E-state index in [4.69, 9.17) is 11.6 Å². The van der Waals surface area contributed by atoms with Crippen molar-refractivity contribution in [1.29, 1.82) is 0 Å². The summed E-state index contributed by atoms with van der Waals surface area (Å²) in [5, 5.41) is 0. The Morgan fingerprint density at radius 3 is 2.50 bits per heavy atom. The fourth-order valence-electron chi connectivity index (χ4n) is 1.75. The van der Waals surface area contributed by atoms with Crippen LogP contribution in [-0.2, 0) is 0 Å². The van der Waals surface area contributed by atoms with Gasteiger partial charge in [0.1, 0.15) is 0 Å². The highest BCUT2D eigenvalue weighted by Gasteiger charge is 2.17. The summed E-state index contributed by atoms with van der Waals surface area (Å²) in [6.45, 7) is 4.66. The van der Waals surface area contributed by atoms with E-state index >= 15 is 0 Å². The summed E-state index contributed by atoms with van der Waals surface area (Å²) < 4.78 is 0. The monoisotopic (exact) mass is 189 g/mol. The Morgan fingerprint density at radius 1 is 1.25 bits per heavy atom. The highest BCUT2D eigenvalue weighted by Crippen LogP contribution is 2.18. The van der Waals surface area contributed by atoms with E-state index in [1.54, 1.807) is 0 Å². The number of hydrogen-bond acceptors (Lipinski definition) is 1. The Kier molecular flexibility index (Phi) is 5.01. The molecule has 1 aliphatic rings. The zero-order valence-electron chi connectivity index (χ0n) is 8.06. The van der Waals surface area contributed by atoms with Crippen molar-refractivity contribution in [2.75, 3.05) is 13.1 Å². The molecule has 0 aromatic carbocycles. The average Bonchev–Trinajstić information content (AvgIpc) is 2.15. The maximum absolute atomic E-state index is 6.26. The predicted octanol–water partition coefficient (Wildman–Crippen LogP) is 3.23. The molecule has 1 rings (SSSR count). The van der Waals surface area contributed by atoms with E-state index in [1.165, 1.54) is 45.2 Å². The minimum atomic E-state index is 0.310. The van der Waals surface area contributed by atoms with E-state index in [0.29, 0.717) is 5.50 Å². The van der Waals surface area contributed by atoms with Crippen molar-refractivity contribution in [3.8, 4) is 0 Å². The van der Waals surface area contributed by atoms with Crippen molar-refractivity contribution in [1.82, 2.24) is 4.90 Å². The number of nitrogens with zero attached hydrogens (tertiary/aromatic N) is 1. The number of unbranched alkanes of at least 4 members (excludes halogenated alkanes) is 1. The molecule has 0 amide bonds. The summed E-state index contributed by atoms with van der Waals surface area (Å²) in [6.07, 6.45) is 7.78. The SMILES string of the molecule is CCCCC(Cl)N1CCCCC1. The van der Waals surface area contributed by atoms with Crippen LogP contribution in [0.2, 0.25) is 0 Å². The lowest BCUT2D eigenvalue weighted by Crippen LogP contribution is -2.35. The van der Waals surface area contributed by atoms with Crippen molar-refractivity contribution in [2.24, 2.45) is 0 Å². The Hall–Kier alpha value is 0.250. The Bertz CT molecular complexity index is 110. The van der Waals surface area contributed by atoms with E-state index in [-0.39, 0.29) is 0 Å². The number of alkyl halides is 1. The largest absolute Gasteiger partial charge is 0.287 e. The average molecular weight is 190 g/mol. The molecular formula is C10H20ClN. The highest BCUT2D eigenvalue weighted by atomic mass is 35.5. The van der Waals surface area contributed by atoms with Crippen LogP contribution < -0.4 is 0 Å². The molecule has 0 aromatic rings. The molecule has 0 bridgehead atoms. The molecule has 1 saturated heterocycles. The third-order valence-electron chi connectivity index (χ3n) is 2.58. The zero-order valence-corrected chi connectivity index (χ0v) is 8.82. The molecule has 0 N–H and O–H groups in total. The van der Waals surface area contributed by atoms with Gasteiger partial charge in [0.05, 0.1) is 5.50 Å². The first-order valence-corrected chi connectivity index (χ1v) is 5.66. The lowest BCUT2D eigenvalue weighted by molar-refractivity contribution is 0.201. The van der Waals surface area contributed by atoms with E-state index in [2.05, 4.69) is 11.8 Å². The molecule has 0 radical (unpaired) electrons. The maximum atomic E-state index is 6.26. The van der Waals surface area contributed by atoms with Gasteiger partial charge in [-0.15, -0.1) is 11.6 Å². The lowest BCUT2D eigenvalue weighted by atomic mass is 10.1. The van der Waals surface area contributed by atoms with Crippen LogP contribution in [0, 0.1) is 0 Å². The molecule has 1 aliphatic heterocycles. The van der Waals surface area contributed by atoms with E-state index in [0.717, 1.165) is 6.42 Å². The Morgan fingerprint density at radius 2 is 1.92 bits per heavy atom. The van der Waals surface area contributed by atoms with Crippen LogP contribution in [0.4, 0.5) is 0 Å². The summed E-state index contributed by atoms with van der Waals surface area (Å²) in [5.74, 6) is 0. The van der Waals surface area contributed by atoms with Crippen molar-refractivity contribution in [2.45, 2.75) is 50.9 Å². The molecule has 72 valence electrons. The normalized spacial score (nSPS) is 22.5. The number of likely N-dealkylation sites (tertiary alicyclic amines) is 1. The Balaban J connectivity index is 2.15. The van der Waals surface area contributed by atoms with Gasteiger partial charge in [-0.1, -0.05) is 26.2 Å². The first kappa shape index (κ1) is 10.3. The number of piperidine rings is 1. The molecule has 1 unspecified atom stereocenters. The van der Waals surface area contributed by atoms with Gasteiger partial charge in [-0.05, 0) is 32.4 Å². The quantitative estimate of drug-likeness (QED) is 0.485. The number of halogens is 1. The summed E-state index contributed by atoms with van der Waals surface area (Å²) in [7, 11) is 0. The fraction of sp³-hybridized carbons (Fsp3) is 1.00. The van der Waals surface area contributed by atoms with Gasteiger partial charge in [-0.3, -0.25) is 4.90 Å². The second-order valence-corrected chi connectivity index (χ2v) is 4.18. The van der Waals surface area contributed by atoms with Crippen molar-refractivity contribution in [3.05, 3.63) is 0 Å². The van der Waals surface area contributed by atoms with E-state index in [1.807, 2.05) is 0 Å². The molecule has 0 spiro atoms. The van der Waals surface area contributed by atoms with Crippen LogP contribution in [-0.4, -0.2) is 23.5 Å². The van der Waals surface area contributed by atoms with Crippen LogP contribution in [0.25, 0.3) is 0 Å². The molecule has 2 heteroatoms. The van der Waals surface area contributed by atoms with Gasteiger partial charge in [0.15, 0.2) is 0 Å². The molecule has 0 aliphatic carbocycles. The van der Waals surface area contributed by atoms with Gasteiger partial charge in [0.25, 0.3) is 0 Å². The molecule has 0 aromatic heterocycles. The molecule has 12 heavy (non-hydrogen) atoms. The Labute approximate surface area is 81.1 Å². The van der Waals surface area contributed by atoms with Gasteiger partial charge in [0, 0.05) is 0 Å². The molecule has 0 saturated carbocycles. The van der Waals surface area contributed by atoms with Crippen LogP contribution in [0.3, 0.4) is 0 Å². The second-order valence-electron chi connectivity index (χ2n) is 3.67. The molecule has 1 fully saturated rings. The zero-order chi connectivity index (χ0) is 8.81. The van der Waals surface area contributed by atoms with Gasteiger partial charge in [0.2, 0.25) is 0 Å². The lowest BCUT2D eigenvalue weighted by Gasteiger charge is -2.30. The predicted molar refractivity (Wildman–Crippen MR) is 54.6 cm³/mol. The minimum Gasteiger partial charge on any atom is -0.287 e. The second kappa shape index (κ2) is 5.82. The highest BCUT2D eigenvalue weighted by molar-refractivity contribution is 6.20. The smallest absolute Gasteiger partial charge is 0.0850 e. The summed E-state index contributed by atoms with van der Waals surface area (Å²) in [6, 6.07) is 0. The van der Waals surface area contributed by atoms with E-state index in [9.17, 15) is 0 Å². The van der Waals surface area contributed by atoms with Crippen LogP contribution in [0.15, 0.2) is 0 Å². The van der Waals surface area contributed by atoms with Gasteiger partial charge in [-0.2, -0.15) is 0 Å². The molecule has 1 atom stereocenters. The number of rotatable bonds is 4. The van der Waals surface area contributed by atoms with Crippen molar-refractivity contribution >= 4 is 11.6 Å².